The summed E-state index contributed by atoms with van der Waals surface area (Å²) in [6.07, 6.45) is 0.0621. The smallest absolute Gasteiger partial charge is 0.252 e. The summed E-state index contributed by atoms with van der Waals surface area (Å²) in [5.41, 5.74) is 1.34. The highest BCUT2D eigenvalue weighted by Crippen LogP contribution is 2.42. The number of rotatable bonds is 3. The molecule has 29 heavy (non-hydrogen) atoms. The molecule has 2 aromatic rings. The summed E-state index contributed by atoms with van der Waals surface area (Å²) in [5.74, 6) is -0.297. The van der Waals surface area contributed by atoms with Crippen LogP contribution in [-0.2, 0) is 21.1 Å². The van der Waals surface area contributed by atoms with Crippen LogP contribution < -0.4 is 4.90 Å². The molecule has 1 amide bonds. The maximum Gasteiger partial charge on any atom is 0.252 e. The summed E-state index contributed by atoms with van der Waals surface area (Å²) in [4.78, 5) is 18.7. The van der Waals surface area contributed by atoms with Crippen LogP contribution in [0.15, 0.2) is 47.5 Å². The molecule has 0 aromatic heterocycles. The average molecular weight is 490 g/mol. The quantitative estimate of drug-likeness (QED) is 0.635. The molecular formula is C19H15Cl3N2O3S2. The number of hydrogen-bond donors (Lipinski definition) is 0. The van der Waals surface area contributed by atoms with Crippen molar-refractivity contribution in [2.24, 2.45) is 4.99 Å². The number of amidine groups is 1. The molecule has 10 heteroatoms. The SMILES string of the molecule is O=C(Cc1ccccc1Cl)N=C1S[C@@H]2CS(=O)(=O)C[C@@H]2N1c1ccc(Cl)c(Cl)c1. The molecule has 2 aliphatic heterocycles. The van der Waals surface area contributed by atoms with E-state index in [1.54, 1.807) is 41.3 Å². The fourth-order valence-electron chi connectivity index (χ4n) is 3.45. The van der Waals surface area contributed by atoms with Crippen LogP contribution in [0.2, 0.25) is 15.1 Å². The van der Waals surface area contributed by atoms with Gasteiger partial charge in [-0.2, -0.15) is 4.99 Å². The lowest BCUT2D eigenvalue weighted by atomic mass is 10.1. The van der Waals surface area contributed by atoms with Crippen LogP contribution in [0.3, 0.4) is 0 Å². The Kier molecular flexibility index (Phi) is 5.88. The zero-order valence-electron chi connectivity index (χ0n) is 14.9. The molecular weight excluding hydrogens is 475 g/mol. The van der Waals surface area contributed by atoms with E-state index in [2.05, 4.69) is 4.99 Å². The largest absolute Gasteiger partial charge is 0.316 e. The van der Waals surface area contributed by atoms with E-state index in [4.69, 9.17) is 34.8 Å². The number of fused-ring (bicyclic) bond motifs is 1. The first kappa shape index (κ1) is 21.0. The van der Waals surface area contributed by atoms with Gasteiger partial charge in [0.25, 0.3) is 5.91 Å². The van der Waals surface area contributed by atoms with Crippen LogP contribution in [0, 0.1) is 0 Å². The number of benzene rings is 2. The second-order valence-electron chi connectivity index (χ2n) is 6.83. The minimum atomic E-state index is -3.15. The number of halogens is 3. The molecule has 0 N–H and O–H groups in total. The molecule has 2 saturated heterocycles. The molecule has 2 aliphatic rings. The number of hydrogen-bond acceptors (Lipinski definition) is 4. The van der Waals surface area contributed by atoms with E-state index in [0.29, 0.717) is 31.5 Å². The average Bonchev–Trinajstić information content (AvgIpc) is 3.10. The van der Waals surface area contributed by atoms with Gasteiger partial charge in [0.1, 0.15) is 0 Å². The lowest BCUT2D eigenvalue weighted by Crippen LogP contribution is -2.37. The van der Waals surface area contributed by atoms with Crippen molar-refractivity contribution < 1.29 is 13.2 Å². The third-order valence-electron chi connectivity index (χ3n) is 4.77. The maximum absolute atomic E-state index is 12.6. The van der Waals surface area contributed by atoms with Gasteiger partial charge in [0, 0.05) is 16.0 Å². The van der Waals surface area contributed by atoms with E-state index in [9.17, 15) is 13.2 Å². The molecule has 4 rings (SSSR count). The van der Waals surface area contributed by atoms with Crippen molar-refractivity contribution in [2.75, 3.05) is 16.4 Å². The van der Waals surface area contributed by atoms with E-state index in [1.165, 1.54) is 11.8 Å². The van der Waals surface area contributed by atoms with Crippen molar-refractivity contribution >= 4 is 73.2 Å². The number of aliphatic imine (C=N–C) groups is 1. The highest BCUT2D eigenvalue weighted by Gasteiger charge is 2.49. The molecule has 0 aliphatic carbocycles. The molecule has 0 bridgehead atoms. The predicted octanol–water partition coefficient (Wildman–Crippen LogP) is 4.49. The Morgan fingerprint density at radius 3 is 2.55 bits per heavy atom. The Morgan fingerprint density at radius 2 is 1.83 bits per heavy atom. The standard InChI is InChI=1S/C19H15Cl3N2O3S2/c20-13-4-2-1-3-11(13)7-18(25)23-19-24(12-5-6-14(21)15(22)8-12)16-9-29(26,27)10-17(16)28-19/h1-6,8,16-17H,7,9-10H2/t16-,17+/m0/s1. The number of amides is 1. The number of sulfone groups is 1. The van der Waals surface area contributed by atoms with Gasteiger partial charge in [-0.05, 0) is 29.8 Å². The number of thioether (sulfide) groups is 1. The number of carbonyl (C=O) groups is 1. The fraction of sp³-hybridized carbons (Fsp3) is 0.263. The van der Waals surface area contributed by atoms with Gasteiger partial charge in [-0.15, -0.1) is 0 Å². The molecule has 0 radical (unpaired) electrons. The maximum atomic E-state index is 12.6. The van der Waals surface area contributed by atoms with Crippen molar-refractivity contribution in [1.29, 1.82) is 0 Å². The van der Waals surface area contributed by atoms with Gasteiger partial charge in [-0.25, -0.2) is 8.42 Å². The first-order valence-electron chi connectivity index (χ1n) is 8.70. The highest BCUT2D eigenvalue weighted by molar-refractivity contribution is 8.16. The van der Waals surface area contributed by atoms with Crippen LogP contribution in [0.25, 0.3) is 0 Å². The first-order valence-corrected chi connectivity index (χ1v) is 12.5. The van der Waals surface area contributed by atoms with Gasteiger partial charge in [-0.1, -0.05) is 64.8 Å². The zero-order valence-corrected chi connectivity index (χ0v) is 18.8. The molecule has 5 nitrogen and oxygen atoms in total. The fourth-order valence-corrected chi connectivity index (χ4v) is 7.88. The third kappa shape index (κ3) is 4.44. The van der Waals surface area contributed by atoms with E-state index in [1.807, 2.05) is 6.07 Å². The normalized spacial score (nSPS) is 24.1. The topological polar surface area (TPSA) is 66.8 Å². The molecule has 2 aromatic carbocycles. The highest BCUT2D eigenvalue weighted by atomic mass is 35.5. The Hall–Kier alpha value is -1.25. The van der Waals surface area contributed by atoms with Crippen LogP contribution in [0.1, 0.15) is 5.56 Å². The number of anilines is 1. The first-order chi connectivity index (χ1) is 13.7. The molecule has 0 unspecified atom stereocenters. The molecule has 152 valence electrons. The molecule has 0 spiro atoms. The van der Waals surface area contributed by atoms with Crippen LogP contribution in [0.5, 0.6) is 0 Å². The second-order valence-corrected chi connectivity index (χ2v) is 11.4. The van der Waals surface area contributed by atoms with Crippen LogP contribution >= 0.6 is 46.6 Å². The summed E-state index contributed by atoms with van der Waals surface area (Å²) in [6.45, 7) is 0. The minimum Gasteiger partial charge on any atom is -0.316 e. The van der Waals surface area contributed by atoms with E-state index < -0.39 is 9.84 Å². The van der Waals surface area contributed by atoms with Gasteiger partial charge >= 0.3 is 0 Å². The van der Waals surface area contributed by atoms with Gasteiger partial charge in [0.2, 0.25) is 0 Å². The minimum absolute atomic E-state index is 0.00262. The number of nitrogens with zero attached hydrogens (tertiary/aromatic N) is 2. The van der Waals surface area contributed by atoms with Crippen LogP contribution in [0.4, 0.5) is 5.69 Å². The second kappa shape index (κ2) is 8.12. The van der Waals surface area contributed by atoms with Crippen molar-refractivity contribution in [1.82, 2.24) is 0 Å². The molecule has 0 saturated carbocycles. The van der Waals surface area contributed by atoms with Gasteiger partial charge in [0.05, 0.1) is 34.0 Å². The van der Waals surface area contributed by atoms with Gasteiger partial charge in [0.15, 0.2) is 15.0 Å². The molecule has 2 fully saturated rings. The summed E-state index contributed by atoms with van der Waals surface area (Å²) in [7, 11) is -3.15. The Balaban J connectivity index is 1.67. The van der Waals surface area contributed by atoms with Crippen molar-refractivity contribution in [3.63, 3.8) is 0 Å². The van der Waals surface area contributed by atoms with Gasteiger partial charge in [-0.3, -0.25) is 4.79 Å². The Morgan fingerprint density at radius 1 is 1.07 bits per heavy atom. The molecule has 2 atom stereocenters. The Bertz CT molecular complexity index is 1120. The number of carbonyl (C=O) groups excluding carboxylic acids is 1. The summed E-state index contributed by atoms with van der Waals surface area (Å²) < 4.78 is 24.3. The monoisotopic (exact) mass is 488 g/mol. The lowest BCUT2D eigenvalue weighted by Gasteiger charge is -2.24. The summed E-state index contributed by atoms with van der Waals surface area (Å²) >= 11 is 19.6. The van der Waals surface area contributed by atoms with E-state index >= 15 is 0 Å². The summed E-state index contributed by atoms with van der Waals surface area (Å²) in [6, 6.07) is 11.8. The lowest BCUT2D eigenvalue weighted by molar-refractivity contribution is -0.117. The Labute approximate surface area is 188 Å². The van der Waals surface area contributed by atoms with Crippen molar-refractivity contribution in [2.45, 2.75) is 17.7 Å². The van der Waals surface area contributed by atoms with Gasteiger partial charge < -0.3 is 4.90 Å². The van der Waals surface area contributed by atoms with Crippen LogP contribution in [-0.4, -0.2) is 42.3 Å². The zero-order chi connectivity index (χ0) is 20.8. The van der Waals surface area contributed by atoms with E-state index in [0.717, 1.165) is 0 Å². The van der Waals surface area contributed by atoms with Crippen molar-refractivity contribution in [3.8, 4) is 0 Å². The molecule has 2 heterocycles. The summed E-state index contributed by atoms with van der Waals surface area (Å²) in [5, 5.41) is 1.52. The predicted molar refractivity (Wildman–Crippen MR) is 120 cm³/mol. The third-order valence-corrected chi connectivity index (χ3v) is 9.09. The van der Waals surface area contributed by atoms with Crippen molar-refractivity contribution in [3.05, 3.63) is 63.1 Å². The van der Waals surface area contributed by atoms with E-state index in [-0.39, 0.29) is 35.1 Å².